The SMILES string of the molecule is C=C(CCCCC)n1ccnc1. The van der Waals surface area contributed by atoms with Crippen LogP contribution in [0.4, 0.5) is 0 Å². The van der Waals surface area contributed by atoms with E-state index in [1.165, 1.54) is 19.3 Å². The lowest BCUT2D eigenvalue weighted by Gasteiger charge is -2.04. The first kappa shape index (κ1) is 9.04. The van der Waals surface area contributed by atoms with E-state index in [0.29, 0.717) is 0 Å². The second-order valence-electron chi connectivity index (χ2n) is 2.99. The molecule has 1 aromatic rings. The quantitative estimate of drug-likeness (QED) is 0.612. The van der Waals surface area contributed by atoms with Crippen LogP contribution < -0.4 is 0 Å². The summed E-state index contributed by atoms with van der Waals surface area (Å²) in [7, 11) is 0. The fraction of sp³-hybridized carbons (Fsp3) is 0.500. The molecule has 0 aromatic carbocycles. The maximum Gasteiger partial charge on any atom is 0.0988 e. The van der Waals surface area contributed by atoms with Crippen molar-refractivity contribution in [1.29, 1.82) is 0 Å². The molecule has 0 fully saturated rings. The number of hydrogen-bond acceptors (Lipinski definition) is 1. The lowest BCUT2D eigenvalue weighted by atomic mass is 10.2. The third kappa shape index (κ3) is 2.53. The number of unbranched alkanes of at least 4 members (excludes halogenated alkanes) is 2. The van der Waals surface area contributed by atoms with Crippen molar-refractivity contribution in [1.82, 2.24) is 9.55 Å². The fourth-order valence-corrected chi connectivity index (χ4v) is 1.15. The monoisotopic (exact) mass is 164 g/mol. The van der Waals surface area contributed by atoms with Crippen molar-refractivity contribution in [3.05, 3.63) is 25.3 Å². The van der Waals surface area contributed by atoms with Crippen molar-refractivity contribution in [3.63, 3.8) is 0 Å². The Kier molecular flexibility index (Phi) is 3.58. The van der Waals surface area contributed by atoms with Gasteiger partial charge in [0.2, 0.25) is 0 Å². The van der Waals surface area contributed by atoms with Gasteiger partial charge in [-0.25, -0.2) is 4.98 Å². The summed E-state index contributed by atoms with van der Waals surface area (Å²) in [4.78, 5) is 3.97. The molecule has 0 aliphatic rings. The Morgan fingerprint density at radius 1 is 1.50 bits per heavy atom. The first-order valence-corrected chi connectivity index (χ1v) is 4.50. The number of nitrogens with zero attached hydrogens (tertiary/aromatic N) is 2. The van der Waals surface area contributed by atoms with Crippen LogP contribution in [0.15, 0.2) is 25.3 Å². The molecular formula is C10H16N2. The Bertz CT molecular complexity index is 224. The van der Waals surface area contributed by atoms with Gasteiger partial charge in [-0.2, -0.15) is 0 Å². The third-order valence-electron chi connectivity index (χ3n) is 1.94. The Balaban J connectivity index is 2.30. The van der Waals surface area contributed by atoms with Crippen molar-refractivity contribution in [3.8, 4) is 0 Å². The molecule has 12 heavy (non-hydrogen) atoms. The minimum Gasteiger partial charge on any atom is -0.311 e. The summed E-state index contributed by atoms with van der Waals surface area (Å²) >= 11 is 0. The van der Waals surface area contributed by atoms with Gasteiger partial charge in [-0.05, 0) is 12.8 Å². The van der Waals surface area contributed by atoms with E-state index < -0.39 is 0 Å². The molecule has 2 nitrogen and oxygen atoms in total. The maximum absolute atomic E-state index is 3.99. The molecule has 1 heterocycles. The second-order valence-corrected chi connectivity index (χ2v) is 2.99. The van der Waals surface area contributed by atoms with Gasteiger partial charge in [0.25, 0.3) is 0 Å². The zero-order valence-electron chi connectivity index (χ0n) is 7.66. The average Bonchev–Trinajstić information content (AvgIpc) is 2.56. The van der Waals surface area contributed by atoms with Crippen molar-refractivity contribution in [2.45, 2.75) is 32.6 Å². The highest BCUT2D eigenvalue weighted by atomic mass is 15.0. The van der Waals surface area contributed by atoms with E-state index in [4.69, 9.17) is 0 Å². The number of hydrogen-bond donors (Lipinski definition) is 0. The maximum atomic E-state index is 3.99. The molecule has 0 atom stereocenters. The first-order valence-electron chi connectivity index (χ1n) is 4.50. The Morgan fingerprint density at radius 2 is 2.33 bits per heavy atom. The second kappa shape index (κ2) is 4.75. The van der Waals surface area contributed by atoms with Crippen molar-refractivity contribution < 1.29 is 0 Å². The zero-order chi connectivity index (χ0) is 8.81. The van der Waals surface area contributed by atoms with Gasteiger partial charge < -0.3 is 4.57 Å². The highest BCUT2D eigenvalue weighted by Crippen LogP contribution is 2.11. The van der Waals surface area contributed by atoms with E-state index in [2.05, 4.69) is 18.5 Å². The first-order chi connectivity index (χ1) is 5.84. The van der Waals surface area contributed by atoms with Crippen LogP contribution in [0.2, 0.25) is 0 Å². The van der Waals surface area contributed by atoms with Crippen LogP contribution in [-0.2, 0) is 0 Å². The summed E-state index contributed by atoms with van der Waals surface area (Å²) in [6.07, 6.45) is 10.4. The lowest BCUT2D eigenvalue weighted by molar-refractivity contribution is 0.723. The molecule has 0 bridgehead atoms. The van der Waals surface area contributed by atoms with Gasteiger partial charge >= 0.3 is 0 Å². The summed E-state index contributed by atoms with van der Waals surface area (Å²) in [5.41, 5.74) is 1.14. The van der Waals surface area contributed by atoms with Crippen LogP contribution >= 0.6 is 0 Å². The molecule has 1 aromatic heterocycles. The summed E-state index contributed by atoms with van der Waals surface area (Å²) in [5, 5.41) is 0. The standard InChI is InChI=1S/C10H16N2/c1-3-4-5-6-10(2)12-8-7-11-9-12/h7-9H,2-6H2,1H3. The Hall–Kier alpha value is -1.05. The molecule has 0 saturated carbocycles. The van der Waals surface area contributed by atoms with Crippen LogP contribution in [0.5, 0.6) is 0 Å². The molecule has 0 aliphatic heterocycles. The van der Waals surface area contributed by atoms with Crippen LogP contribution in [0.1, 0.15) is 32.6 Å². The smallest absolute Gasteiger partial charge is 0.0988 e. The predicted octanol–water partition coefficient (Wildman–Crippen LogP) is 2.93. The van der Waals surface area contributed by atoms with Gasteiger partial charge in [0, 0.05) is 18.1 Å². The summed E-state index contributed by atoms with van der Waals surface area (Å²) in [6, 6.07) is 0. The molecule has 0 aliphatic carbocycles. The van der Waals surface area contributed by atoms with Crippen LogP contribution in [0, 0.1) is 0 Å². The van der Waals surface area contributed by atoms with E-state index in [1.54, 1.807) is 12.5 Å². The van der Waals surface area contributed by atoms with E-state index in [9.17, 15) is 0 Å². The third-order valence-corrected chi connectivity index (χ3v) is 1.94. The van der Waals surface area contributed by atoms with Gasteiger partial charge in [-0.1, -0.05) is 26.3 Å². The molecule has 0 radical (unpaired) electrons. The summed E-state index contributed by atoms with van der Waals surface area (Å²) in [5.74, 6) is 0. The highest BCUT2D eigenvalue weighted by molar-refractivity contribution is 5.40. The van der Waals surface area contributed by atoms with Gasteiger partial charge in [0.05, 0.1) is 6.33 Å². The molecule has 0 saturated heterocycles. The number of allylic oxidation sites excluding steroid dienone is 1. The predicted molar refractivity (Wildman–Crippen MR) is 51.7 cm³/mol. The van der Waals surface area contributed by atoms with Crippen LogP contribution in [0.3, 0.4) is 0 Å². The molecular weight excluding hydrogens is 148 g/mol. The van der Waals surface area contributed by atoms with Gasteiger partial charge in [0.15, 0.2) is 0 Å². The van der Waals surface area contributed by atoms with E-state index >= 15 is 0 Å². The normalized spacial score (nSPS) is 10.1. The largest absolute Gasteiger partial charge is 0.311 e. The topological polar surface area (TPSA) is 17.8 Å². The molecule has 0 amide bonds. The minimum atomic E-state index is 1.07. The number of rotatable bonds is 5. The Morgan fingerprint density at radius 3 is 2.92 bits per heavy atom. The number of imidazole rings is 1. The van der Waals surface area contributed by atoms with Crippen LogP contribution in [-0.4, -0.2) is 9.55 Å². The van der Waals surface area contributed by atoms with Crippen molar-refractivity contribution in [2.75, 3.05) is 0 Å². The molecule has 0 spiro atoms. The Labute approximate surface area is 73.9 Å². The average molecular weight is 164 g/mol. The van der Waals surface area contributed by atoms with Crippen LogP contribution in [0.25, 0.3) is 5.70 Å². The lowest BCUT2D eigenvalue weighted by Crippen LogP contribution is -1.91. The van der Waals surface area contributed by atoms with Gasteiger partial charge in [0.1, 0.15) is 0 Å². The number of aromatic nitrogens is 2. The van der Waals surface area contributed by atoms with Gasteiger partial charge in [-0.3, -0.25) is 0 Å². The molecule has 1 rings (SSSR count). The molecule has 0 unspecified atom stereocenters. The summed E-state index contributed by atoms with van der Waals surface area (Å²) < 4.78 is 1.98. The molecule has 0 N–H and O–H groups in total. The highest BCUT2D eigenvalue weighted by Gasteiger charge is 1.95. The minimum absolute atomic E-state index is 1.07. The molecule has 66 valence electrons. The van der Waals surface area contributed by atoms with Gasteiger partial charge in [-0.15, -0.1) is 0 Å². The zero-order valence-corrected chi connectivity index (χ0v) is 7.66. The van der Waals surface area contributed by atoms with E-state index in [0.717, 1.165) is 12.1 Å². The van der Waals surface area contributed by atoms with E-state index in [1.807, 2.05) is 10.8 Å². The fourth-order valence-electron chi connectivity index (χ4n) is 1.15. The summed E-state index contributed by atoms with van der Waals surface area (Å²) in [6.45, 7) is 6.20. The van der Waals surface area contributed by atoms with E-state index in [-0.39, 0.29) is 0 Å². The molecule has 2 heteroatoms. The van der Waals surface area contributed by atoms with Crippen molar-refractivity contribution in [2.24, 2.45) is 0 Å². The van der Waals surface area contributed by atoms with Crippen molar-refractivity contribution >= 4 is 5.70 Å².